The summed E-state index contributed by atoms with van der Waals surface area (Å²) in [6.45, 7) is 0. The summed E-state index contributed by atoms with van der Waals surface area (Å²) in [5.41, 5.74) is -1.36. The molecule has 0 saturated heterocycles. The molecule has 0 unspecified atom stereocenters. The molecule has 0 spiro atoms. The predicted molar refractivity (Wildman–Crippen MR) is 149 cm³/mol. The molecule has 3 aromatic carbocycles. The fourth-order valence-electron chi connectivity index (χ4n) is 4.47. The van der Waals surface area contributed by atoms with Gasteiger partial charge < -0.3 is 10.2 Å². The Bertz CT molecular complexity index is 1980. The summed E-state index contributed by atoms with van der Waals surface area (Å²) in [7, 11) is -9.49. The third-order valence-corrected chi connectivity index (χ3v) is 7.93. The molecule has 2 heterocycles. The number of benzene rings is 3. The molecule has 12 nitrogen and oxygen atoms in total. The predicted octanol–water partition coefficient (Wildman–Crippen LogP) is 3.36. The van der Waals surface area contributed by atoms with E-state index in [-0.39, 0.29) is 73.6 Å². The van der Waals surface area contributed by atoms with Gasteiger partial charge in [-0.15, -0.1) is 0 Å². The number of nitrogens with zero attached hydrogens (tertiary/aromatic N) is 2. The van der Waals surface area contributed by atoms with E-state index in [1.165, 1.54) is 48.5 Å². The molecule has 0 bridgehead atoms. The SMILES string of the molecule is O=C(O)c1cc(-c2ccccc2S(=O)(=O)O)c2ccc3c(-c4ccccc4S(=O)(=O)O)cc(C(=O)O)nc3c2n1.[NaH]. The van der Waals surface area contributed by atoms with E-state index in [1.54, 1.807) is 0 Å². The third-order valence-electron chi connectivity index (χ3n) is 6.11. The molecule has 0 aliphatic carbocycles. The molecule has 15 heteroatoms. The van der Waals surface area contributed by atoms with E-state index in [2.05, 4.69) is 9.97 Å². The van der Waals surface area contributed by atoms with Crippen molar-refractivity contribution in [2.75, 3.05) is 0 Å². The van der Waals surface area contributed by atoms with Gasteiger partial charge in [0.15, 0.2) is 0 Å². The molecule has 2 aromatic heterocycles. The molecule has 0 fully saturated rings. The summed E-state index contributed by atoms with van der Waals surface area (Å²) in [5, 5.41) is 19.9. The van der Waals surface area contributed by atoms with Crippen LogP contribution in [-0.4, -0.2) is 87.6 Å². The van der Waals surface area contributed by atoms with Gasteiger partial charge in [-0.2, -0.15) is 16.8 Å². The Kier molecular flexibility index (Phi) is 8.03. The molecule has 0 atom stereocenters. The van der Waals surface area contributed by atoms with Gasteiger partial charge in [-0.25, -0.2) is 19.6 Å². The van der Waals surface area contributed by atoms with Crippen LogP contribution in [0.4, 0.5) is 0 Å². The van der Waals surface area contributed by atoms with Crippen LogP contribution in [0.15, 0.2) is 82.6 Å². The first-order valence-corrected chi connectivity index (χ1v) is 14.0. The molecule has 4 N–H and O–H groups in total. The standard InChI is InChI=1S/C26H16N2O10S2.Na.H/c29-25(30)19-11-17(13-5-1-3-7-21(13)39(33,34)35)15-9-10-16-18(14-6-2-4-8-22(14)40(36,37)38)12-20(26(31)32)28-24(16)23(15)27-19;;/h1-12H,(H,29,30)(H,31,32)(H,33,34,35)(H,36,37,38);;. The number of hydrogen-bond acceptors (Lipinski definition) is 8. The topological polar surface area (TPSA) is 209 Å². The normalized spacial score (nSPS) is 11.8. The van der Waals surface area contributed by atoms with Crippen molar-refractivity contribution < 1.29 is 45.7 Å². The van der Waals surface area contributed by atoms with Gasteiger partial charge >= 0.3 is 41.5 Å². The molecule has 0 amide bonds. The van der Waals surface area contributed by atoms with Gasteiger partial charge in [0.25, 0.3) is 20.2 Å². The fraction of sp³-hybridized carbons (Fsp3) is 0. The fourth-order valence-corrected chi connectivity index (χ4v) is 5.88. The van der Waals surface area contributed by atoms with Crippen LogP contribution in [-0.2, 0) is 20.2 Å². The maximum atomic E-state index is 12.1. The maximum absolute atomic E-state index is 12.1. The van der Waals surface area contributed by atoms with Crippen LogP contribution in [0.2, 0.25) is 0 Å². The zero-order valence-electron chi connectivity index (χ0n) is 19.9. The number of carboxylic acids is 2. The molecule has 0 saturated carbocycles. The second kappa shape index (κ2) is 10.9. The van der Waals surface area contributed by atoms with Crippen molar-refractivity contribution >= 4 is 83.5 Å². The first-order chi connectivity index (χ1) is 18.8. The van der Waals surface area contributed by atoms with Crippen LogP contribution in [0.5, 0.6) is 0 Å². The summed E-state index contributed by atoms with van der Waals surface area (Å²) >= 11 is 0. The third kappa shape index (κ3) is 5.58. The van der Waals surface area contributed by atoms with Crippen LogP contribution in [0.25, 0.3) is 44.1 Å². The van der Waals surface area contributed by atoms with E-state index in [4.69, 9.17) is 0 Å². The van der Waals surface area contributed by atoms with E-state index in [9.17, 15) is 45.7 Å². The van der Waals surface area contributed by atoms with Crippen molar-refractivity contribution in [2.45, 2.75) is 9.79 Å². The molecule has 5 rings (SSSR count). The number of aromatic carboxylic acids is 2. The zero-order valence-corrected chi connectivity index (χ0v) is 21.5. The van der Waals surface area contributed by atoms with Gasteiger partial charge in [0.2, 0.25) is 0 Å². The summed E-state index contributed by atoms with van der Waals surface area (Å²) in [5.74, 6) is -2.98. The Morgan fingerprint density at radius 3 is 1.22 bits per heavy atom. The average molecular weight is 605 g/mol. The number of pyridine rings is 2. The van der Waals surface area contributed by atoms with Crippen molar-refractivity contribution in [3.8, 4) is 22.3 Å². The first kappa shape index (κ1) is 30.2. The molecule has 41 heavy (non-hydrogen) atoms. The molecule has 0 aliphatic heterocycles. The Morgan fingerprint density at radius 1 is 0.561 bits per heavy atom. The van der Waals surface area contributed by atoms with Crippen LogP contribution >= 0.6 is 0 Å². The van der Waals surface area contributed by atoms with Gasteiger partial charge in [-0.1, -0.05) is 48.5 Å². The number of rotatable bonds is 6. The minimum absolute atomic E-state index is 0. The van der Waals surface area contributed by atoms with Crippen molar-refractivity contribution in [3.63, 3.8) is 0 Å². The van der Waals surface area contributed by atoms with Crippen LogP contribution in [0.3, 0.4) is 0 Å². The number of carbonyl (C=O) groups is 2. The van der Waals surface area contributed by atoms with Gasteiger partial charge in [-0.05, 0) is 35.4 Å². The second-order valence-electron chi connectivity index (χ2n) is 8.52. The monoisotopic (exact) mass is 604 g/mol. The van der Waals surface area contributed by atoms with Crippen molar-refractivity contribution in [2.24, 2.45) is 0 Å². The Hall–Kier alpha value is -3.76. The minimum atomic E-state index is -4.75. The summed E-state index contributed by atoms with van der Waals surface area (Å²) in [6, 6.07) is 15.8. The zero-order chi connectivity index (χ0) is 29.0. The molecular weight excluding hydrogens is 587 g/mol. The van der Waals surface area contributed by atoms with Crippen molar-refractivity contribution in [3.05, 3.63) is 84.2 Å². The quantitative estimate of drug-likeness (QED) is 0.125. The van der Waals surface area contributed by atoms with Gasteiger partial charge in [-0.3, -0.25) is 9.11 Å². The molecular formula is C26H17N2NaO10S2. The van der Waals surface area contributed by atoms with E-state index in [0.717, 1.165) is 24.3 Å². The van der Waals surface area contributed by atoms with Gasteiger partial charge in [0.1, 0.15) is 21.2 Å². The van der Waals surface area contributed by atoms with E-state index >= 15 is 0 Å². The van der Waals surface area contributed by atoms with E-state index < -0.39 is 53.4 Å². The molecule has 204 valence electrons. The number of hydrogen-bond donors (Lipinski definition) is 4. The summed E-state index contributed by atoms with van der Waals surface area (Å²) < 4.78 is 68.0. The second-order valence-corrected chi connectivity index (χ2v) is 11.3. The Balaban J connectivity index is 0.00000387. The molecule has 0 aliphatic rings. The summed E-state index contributed by atoms with van der Waals surface area (Å²) in [6.07, 6.45) is 0. The average Bonchev–Trinajstić information content (AvgIpc) is 2.90. The van der Waals surface area contributed by atoms with Crippen molar-refractivity contribution in [1.29, 1.82) is 0 Å². The molecule has 5 aromatic rings. The number of carboxylic acid groups (broad SMARTS) is 2. The Labute approximate surface area is 254 Å². The number of fused-ring (bicyclic) bond motifs is 3. The van der Waals surface area contributed by atoms with Crippen LogP contribution < -0.4 is 0 Å². The van der Waals surface area contributed by atoms with E-state index in [0.29, 0.717) is 0 Å². The summed E-state index contributed by atoms with van der Waals surface area (Å²) in [4.78, 5) is 31.3. The first-order valence-electron chi connectivity index (χ1n) is 11.2. The van der Waals surface area contributed by atoms with Crippen molar-refractivity contribution in [1.82, 2.24) is 9.97 Å². The van der Waals surface area contributed by atoms with Crippen LogP contribution in [0.1, 0.15) is 21.0 Å². The number of aromatic nitrogens is 2. The van der Waals surface area contributed by atoms with Crippen LogP contribution in [0, 0.1) is 0 Å². The van der Waals surface area contributed by atoms with Gasteiger partial charge in [0, 0.05) is 21.9 Å². The van der Waals surface area contributed by atoms with E-state index in [1.807, 2.05) is 0 Å². The Morgan fingerprint density at radius 2 is 0.902 bits per heavy atom. The van der Waals surface area contributed by atoms with Gasteiger partial charge in [0.05, 0.1) is 11.0 Å². The molecule has 0 radical (unpaired) electrons.